The van der Waals surface area contributed by atoms with E-state index in [9.17, 15) is 0 Å². The van der Waals surface area contributed by atoms with Crippen LogP contribution < -0.4 is 14.8 Å². The molecule has 2 aromatic rings. The van der Waals surface area contributed by atoms with Gasteiger partial charge in [0.25, 0.3) is 0 Å². The van der Waals surface area contributed by atoms with Crippen LogP contribution in [-0.4, -0.2) is 24.2 Å². The zero-order valence-electron chi connectivity index (χ0n) is 11.9. The maximum Gasteiger partial charge on any atom is 0.161 e. The molecule has 1 aromatic carbocycles. The molecule has 0 saturated carbocycles. The summed E-state index contributed by atoms with van der Waals surface area (Å²) in [6.07, 6.45) is 0. The molecule has 0 fully saturated rings. The van der Waals surface area contributed by atoms with Gasteiger partial charge in [0.1, 0.15) is 0 Å². The van der Waals surface area contributed by atoms with Crippen molar-refractivity contribution in [2.75, 3.05) is 14.2 Å². The molecule has 3 rings (SSSR count). The molecular weight excluding hydrogens is 254 g/mol. The van der Waals surface area contributed by atoms with E-state index in [2.05, 4.69) is 15.3 Å². The third kappa shape index (κ3) is 2.10. The van der Waals surface area contributed by atoms with Gasteiger partial charge in [-0.3, -0.25) is 0 Å². The Balaban J connectivity index is 2.07. The van der Waals surface area contributed by atoms with Crippen molar-refractivity contribution in [2.45, 2.75) is 20.0 Å². The number of ether oxygens (including phenoxy) is 2. The van der Waals surface area contributed by atoms with Gasteiger partial charge in [-0.2, -0.15) is 0 Å². The Morgan fingerprint density at radius 3 is 2.60 bits per heavy atom. The lowest BCUT2D eigenvalue weighted by atomic mass is 10.1. The van der Waals surface area contributed by atoms with Crippen molar-refractivity contribution >= 4 is 0 Å². The van der Waals surface area contributed by atoms with E-state index >= 15 is 0 Å². The average molecular weight is 271 g/mol. The number of hydrogen-bond donors (Lipinski definition) is 1. The Hall–Kier alpha value is -2.14. The van der Waals surface area contributed by atoms with E-state index in [0.717, 1.165) is 35.9 Å². The highest BCUT2D eigenvalue weighted by Gasteiger charge is 2.17. The smallest absolute Gasteiger partial charge is 0.161 e. The molecule has 1 aromatic heterocycles. The summed E-state index contributed by atoms with van der Waals surface area (Å²) in [5.41, 5.74) is 4.27. The monoisotopic (exact) mass is 271 g/mol. The SMILES string of the molecule is COc1ccc(-c2nc(C)c3c(n2)CNC3)cc1OC. The highest BCUT2D eigenvalue weighted by atomic mass is 16.5. The number of fused-ring (bicyclic) bond motifs is 1. The lowest BCUT2D eigenvalue weighted by molar-refractivity contribution is 0.355. The van der Waals surface area contributed by atoms with Crippen LogP contribution in [0.2, 0.25) is 0 Å². The number of benzene rings is 1. The fourth-order valence-electron chi connectivity index (χ4n) is 2.44. The molecule has 1 aliphatic heterocycles. The Labute approximate surface area is 118 Å². The van der Waals surface area contributed by atoms with Crippen molar-refractivity contribution < 1.29 is 9.47 Å². The lowest BCUT2D eigenvalue weighted by Crippen LogP contribution is -2.00. The maximum atomic E-state index is 5.33. The summed E-state index contributed by atoms with van der Waals surface area (Å²) in [7, 11) is 3.25. The third-order valence-electron chi connectivity index (χ3n) is 3.54. The van der Waals surface area contributed by atoms with Crippen LogP contribution in [0, 0.1) is 6.92 Å². The van der Waals surface area contributed by atoms with Gasteiger partial charge in [0.15, 0.2) is 17.3 Å². The van der Waals surface area contributed by atoms with E-state index in [1.54, 1.807) is 14.2 Å². The first kappa shape index (κ1) is 12.9. The van der Waals surface area contributed by atoms with Crippen LogP contribution in [-0.2, 0) is 13.1 Å². The molecule has 0 bridgehead atoms. The van der Waals surface area contributed by atoms with Gasteiger partial charge in [-0.1, -0.05) is 0 Å². The van der Waals surface area contributed by atoms with Crippen molar-refractivity contribution in [2.24, 2.45) is 0 Å². The van der Waals surface area contributed by atoms with Gasteiger partial charge in [-0.25, -0.2) is 9.97 Å². The molecular formula is C15H17N3O2. The second-order valence-electron chi connectivity index (χ2n) is 4.73. The van der Waals surface area contributed by atoms with Gasteiger partial charge in [0.05, 0.1) is 19.9 Å². The molecule has 104 valence electrons. The van der Waals surface area contributed by atoms with Gasteiger partial charge < -0.3 is 14.8 Å². The fraction of sp³-hybridized carbons (Fsp3) is 0.333. The summed E-state index contributed by atoms with van der Waals surface area (Å²) in [4.78, 5) is 9.24. The van der Waals surface area contributed by atoms with Crippen molar-refractivity contribution in [3.8, 4) is 22.9 Å². The van der Waals surface area contributed by atoms with Gasteiger partial charge in [-0.05, 0) is 25.1 Å². The van der Waals surface area contributed by atoms with Crippen molar-refractivity contribution in [3.05, 3.63) is 35.2 Å². The van der Waals surface area contributed by atoms with Crippen molar-refractivity contribution in [1.82, 2.24) is 15.3 Å². The summed E-state index contributed by atoms with van der Waals surface area (Å²) in [5, 5.41) is 3.30. The van der Waals surface area contributed by atoms with Gasteiger partial charge >= 0.3 is 0 Å². The number of hydrogen-bond acceptors (Lipinski definition) is 5. The summed E-state index contributed by atoms with van der Waals surface area (Å²) in [6.45, 7) is 3.68. The van der Waals surface area contributed by atoms with Crippen LogP contribution in [0.1, 0.15) is 17.0 Å². The molecule has 2 heterocycles. The molecule has 1 N–H and O–H groups in total. The van der Waals surface area contributed by atoms with Gasteiger partial charge in [0, 0.05) is 29.9 Å². The summed E-state index contributed by atoms with van der Waals surface area (Å²) >= 11 is 0. The third-order valence-corrected chi connectivity index (χ3v) is 3.54. The van der Waals surface area contributed by atoms with E-state index in [1.165, 1.54) is 5.56 Å². The largest absolute Gasteiger partial charge is 0.493 e. The molecule has 0 saturated heterocycles. The minimum atomic E-state index is 0.685. The Bertz CT molecular complexity index is 656. The lowest BCUT2D eigenvalue weighted by Gasteiger charge is -2.10. The quantitative estimate of drug-likeness (QED) is 0.926. The Morgan fingerprint density at radius 2 is 1.85 bits per heavy atom. The minimum Gasteiger partial charge on any atom is -0.493 e. The predicted molar refractivity (Wildman–Crippen MR) is 75.9 cm³/mol. The topological polar surface area (TPSA) is 56.3 Å². The standard InChI is InChI=1S/C15H17N3O2/c1-9-11-7-16-8-12(11)18-15(17-9)10-4-5-13(19-2)14(6-10)20-3/h4-6,16H,7-8H2,1-3H3. The molecule has 0 atom stereocenters. The van der Waals surface area contributed by atoms with E-state index in [4.69, 9.17) is 9.47 Å². The van der Waals surface area contributed by atoms with E-state index in [-0.39, 0.29) is 0 Å². The highest BCUT2D eigenvalue weighted by molar-refractivity contribution is 5.61. The summed E-state index contributed by atoms with van der Waals surface area (Å²) in [5.74, 6) is 2.12. The first-order valence-corrected chi connectivity index (χ1v) is 6.52. The highest BCUT2D eigenvalue weighted by Crippen LogP contribution is 2.31. The number of aryl methyl sites for hydroxylation is 1. The Kier molecular flexibility index (Phi) is 3.28. The normalized spacial score (nSPS) is 13.2. The predicted octanol–water partition coefficient (Wildman–Crippen LogP) is 2.07. The first-order chi connectivity index (χ1) is 9.72. The fourth-order valence-corrected chi connectivity index (χ4v) is 2.44. The molecule has 1 aliphatic rings. The van der Waals surface area contributed by atoms with Crippen molar-refractivity contribution in [3.63, 3.8) is 0 Å². The Morgan fingerprint density at radius 1 is 1.05 bits per heavy atom. The van der Waals surface area contributed by atoms with E-state index in [0.29, 0.717) is 11.5 Å². The maximum absolute atomic E-state index is 5.33. The molecule has 5 heteroatoms. The zero-order valence-corrected chi connectivity index (χ0v) is 11.9. The molecule has 0 spiro atoms. The van der Waals surface area contributed by atoms with Crippen LogP contribution in [0.4, 0.5) is 0 Å². The van der Waals surface area contributed by atoms with Gasteiger partial charge in [0.2, 0.25) is 0 Å². The van der Waals surface area contributed by atoms with E-state index < -0.39 is 0 Å². The number of aromatic nitrogens is 2. The molecule has 0 radical (unpaired) electrons. The molecule has 0 unspecified atom stereocenters. The second kappa shape index (κ2) is 5.09. The number of nitrogens with one attached hydrogen (secondary N) is 1. The van der Waals surface area contributed by atoms with Crippen LogP contribution in [0.5, 0.6) is 11.5 Å². The molecule has 0 aliphatic carbocycles. The van der Waals surface area contributed by atoms with Crippen LogP contribution in [0.3, 0.4) is 0 Å². The van der Waals surface area contributed by atoms with E-state index in [1.807, 2.05) is 25.1 Å². The number of nitrogens with zero attached hydrogens (tertiary/aromatic N) is 2. The number of methoxy groups -OCH3 is 2. The second-order valence-corrected chi connectivity index (χ2v) is 4.73. The van der Waals surface area contributed by atoms with Gasteiger partial charge in [-0.15, -0.1) is 0 Å². The molecule has 20 heavy (non-hydrogen) atoms. The molecule has 5 nitrogen and oxygen atoms in total. The van der Waals surface area contributed by atoms with Crippen LogP contribution in [0.25, 0.3) is 11.4 Å². The van der Waals surface area contributed by atoms with Crippen molar-refractivity contribution in [1.29, 1.82) is 0 Å². The van der Waals surface area contributed by atoms with Crippen LogP contribution >= 0.6 is 0 Å². The summed E-state index contributed by atoms with van der Waals surface area (Å²) in [6, 6.07) is 5.73. The average Bonchev–Trinajstić information content (AvgIpc) is 2.95. The first-order valence-electron chi connectivity index (χ1n) is 6.52. The summed E-state index contributed by atoms with van der Waals surface area (Å²) < 4.78 is 10.6. The van der Waals surface area contributed by atoms with Crippen LogP contribution in [0.15, 0.2) is 18.2 Å². The zero-order chi connectivity index (χ0) is 14.1. The number of rotatable bonds is 3. The molecule has 0 amide bonds. The minimum absolute atomic E-state index is 0.685.